The molecule has 1 saturated heterocycles. The van der Waals surface area contributed by atoms with Gasteiger partial charge in [-0.2, -0.15) is 0 Å². The van der Waals surface area contributed by atoms with E-state index < -0.39 is 0 Å². The van der Waals surface area contributed by atoms with Crippen molar-refractivity contribution in [2.75, 3.05) is 26.9 Å². The summed E-state index contributed by atoms with van der Waals surface area (Å²) < 4.78 is 17.2. The maximum absolute atomic E-state index is 6.25. The maximum Gasteiger partial charge on any atom is 0.161 e. The summed E-state index contributed by atoms with van der Waals surface area (Å²) >= 11 is 0. The molecule has 1 aliphatic carbocycles. The van der Waals surface area contributed by atoms with Crippen LogP contribution in [-0.2, 0) is 10.2 Å². The molecule has 2 N–H and O–H groups in total. The van der Waals surface area contributed by atoms with Crippen LogP contribution in [0.25, 0.3) is 0 Å². The van der Waals surface area contributed by atoms with Crippen LogP contribution in [-0.4, -0.2) is 33.0 Å². The SMILES string of the molecule is COc1ccc(C2(CN)CCCCC2)cc1OC1CCOCC1. The Hall–Kier alpha value is -1.26. The second kappa shape index (κ2) is 7.54. The number of methoxy groups -OCH3 is 1. The van der Waals surface area contributed by atoms with Gasteiger partial charge in [-0.3, -0.25) is 0 Å². The maximum atomic E-state index is 6.25. The first kappa shape index (κ1) is 16.6. The predicted octanol–water partition coefficient (Wildman–Crippen LogP) is 3.41. The molecule has 0 radical (unpaired) electrons. The summed E-state index contributed by atoms with van der Waals surface area (Å²) in [6, 6.07) is 6.39. The standard InChI is InChI=1S/C19H29NO3/c1-21-17-6-5-15(19(14-20)9-3-2-4-10-19)13-18(17)23-16-7-11-22-12-8-16/h5-6,13,16H,2-4,7-12,14,20H2,1H3. The summed E-state index contributed by atoms with van der Waals surface area (Å²) in [5.41, 5.74) is 7.60. The van der Waals surface area contributed by atoms with Crippen LogP contribution in [0.1, 0.15) is 50.5 Å². The Balaban J connectivity index is 1.85. The van der Waals surface area contributed by atoms with Gasteiger partial charge < -0.3 is 19.9 Å². The molecule has 0 aromatic heterocycles. The molecule has 4 nitrogen and oxygen atoms in total. The Bertz CT molecular complexity index is 505. The van der Waals surface area contributed by atoms with Crippen molar-refractivity contribution in [2.24, 2.45) is 5.73 Å². The van der Waals surface area contributed by atoms with Gasteiger partial charge in [-0.1, -0.05) is 25.3 Å². The largest absolute Gasteiger partial charge is 0.493 e. The lowest BCUT2D eigenvalue weighted by molar-refractivity contribution is 0.0244. The zero-order chi connectivity index (χ0) is 16.1. The van der Waals surface area contributed by atoms with Crippen LogP contribution in [0.3, 0.4) is 0 Å². The predicted molar refractivity (Wildman–Crippen MR) is 91.3 cm³/mol. The first-order chi connectivity index (χ1) is 11.3. The average Bonchev–Trinajstić information content (AvgIpc) is 2.63. The van der Waals surface area contributed by atoms with E-state index in [1.165, 1.54) is 37.7 Å². The molecule has 0 spiro atoms. The van der Waals surface area contributed by atoms with Crippen molar-refractivity contribution in [1.82, 2.24) is 0 Å². The molecule has 2 fully saturated rings. The minimum Gasteiger partial charge on any atom is -0.493 e. The van der Waals surface area contributed by atoms with Crippen molar-refractivity contribution in [1.29, 1.82) is 0 Å². The third-order valence-electron chi connectivity index (χ3n) is 5.44. The fourth-order valence-electron chi connectivity index (χ4n) is 3.91. The highest BCUT2D eigenvalue weighted by Gasteiger charge is 2.33. The molecule has 1 saturated carbocycles. The fourth-order valence-corrected chi connectivity index (χ4v) is 3.91. The quantitative estimate of drug-likeness (QED) is 0.903. The topological polar surface area (TPSA) is 53.7 Å². The normalized spacial score (nSPS) is 21.8. The molecule has 128 valence electrons. The fraction of sp³-hybridized carbons (Fsp3) is 0.684. The van der Waals surface area contributed by atoms with E-state index in [1.807, 2.05) is 6.07 Å². The lowest BCUT2D eigenvalue weighted by Crippen LogP contribution is -2.37. The molecule has 4 heteroatoms. The van der Waals surface area contributed by atoms with Crippen molar-refractivity contribution in [3.05, 3.63) is 23.8 Å². The van der Waals surface area contributed by atoms with E-state index in [-0.39, 0.29) is 11.5 Å². The molecule has 1 aromatic carbocycles. The molecule has 1 aliphatic heterocycles. The van der Waals surface area contributed by atoms with Gasteiger partial charge in [0.15, 0.2) is 11.5 Å². The molecule has 2 aliphatic rings. The lowest BCUT2D eigenvalue weighted by Gasteiger charge is -2.37. The molecule has 1 aromatic rings. The number of hydrogen-bond donors (Lipinski definition) is 1. The highest BCUT2D eigenvalue weighted by atomic mass is 16.5. The van der Waals surface area contributed by atoms with Crippen molar-refractivity contribution >= 4 is 0 Å². The smallest absolute Gasteiger partial charge is 0.161 e. The van der Waals surface area contributed by atoms with E-state index in [9.17, 15) is 0 Å². The van der Waals surface area contributed by atoms with E-state index in [0.717, 1.165) is 37.6 Å². The van der Waals surface area contributed by atoms with Crippen LogP contribution in [0.2, 0.25) is 0 Å². The van der Waals surface area contributed by atoms with Gasteiger partial charge in [0.2, 0.25) is 0 Å². The summed E-state index contributed by atoms with van der Waals surface area (Å²) in [5.74, 6) is 1.67. The third kappa shape index (κ3) is 3.64. The van der Waals surface area contributed by atoms with E-state index in [4.69, 9.17) is 19.9 Å². The molecule has 0 atom stereocenters. The molecule has 0 unspecified atom stereocenters. The average molecular weight is 319 g/mol. The monoisotopic (exact) mass is 319 g/mol. The number of hydrogen-bond acceptors (Lipinski definition) is 4. The van der Waals surface area contributed by atoms with E-state index in [2.05, 4.69) is 12.1 Å². The molecule has 0 bridgehead atoms. The highest BCUT2D eigenvalue weighted by Crippen LogP contribution is 2.42. The summed E-state index contributed by atoms with van der Waals surface area (Å²) in [6.07, 6.45) is 8.29. The van der Waals surface area contributed by atoms with Crippen molar-refractivity contribution < 1.29 is 14.2 Å². The van der Waals surface area contributed by atoms with Crippen LogP contribution in [0.4, 0.5) is 0 Å². The van der Waals surface area contributed by atoms with E-state index >= 15 is 0 Å². The zero-order valence-corrected chi connectivity index (χ0v) is 14.2. The van der Waals surface area contributed by atoms with Crippen LogP contribution in [0.15, 0.2) is 18.2 Å². The lowest BCUT2D eigenvalue weighted by atomic mass is 9.69. The van der Waals surface area contributed by atoms with Crippen LogP contribution >= 0.6 is 0 Å². The summed E-state index contributed by atoms with van der Waals surface area (Å²) in [4.78, 5) is 0. The minimum atomic E-state index is 0.109. The number of benzene rings is 1. The van der Waals surface area contributed by atoms with Crippen molar-refractivity contribution in [2.45, 2.75) is 56.5 Å². The summed E-state index contributed by atoms with van der Waals surface area (Å²) in [7, 11) is 1.70. The van der Waals surface area contributed by atoms with Gasteiger partial charge in [-0.05, 0) is 30.5 Å². The Morgan fingerprint density at radius 2 is 1.87 bits per heavy atom. The first-order valence-corrected chi connectivity index (χ1v) is 8.90. The van der Waals surface area contributed by atoms with Crippen molar-refractivity contribution in [3.63, 3.8) is 0 Å². The Morgan fingerprint density at radius 1 is 1.13 bits per heavy atom. The van der Waals surface area contributed by atoms with Crippen LogP contribution in [0, 0.1) is 0 Å². The van der Waals surface area contributed by atoms with Gasteiger partial charge in [0.1, 0.15) is 6.10 Å². The van der Waals surface area contributed by atoms with E-state index in [0.29, 0.717) is 6.54 Å². The summed E-state index contributed by atoms with van der Waals surface area (Å²) in [6.45, 7) is 2.26. The molecule has 0 amide bonds. The van der Waals surface area contributed by atoms with Gasteiger partial charge in [0.25, 0.3) is 0 Å². The Labute approximate surface area is 139 Å². The second-order valence-electron chi connectivity index (χ2n) is 6.84. The second-order valence-corrected chi connectivity index (χ2v) is 6.84. The summed E-state index contributed by atoms with van der Waals surface area (Å²) in [5, 5.41) is 0. The molecular weight excluding hydrogens is 290 g/mol. The van der Waals surface area contributed by atoms with E-state index in [1.54, 1.807) is 7.11 Å². The van der Waals surface area contributed by atoms with Gasteiger partial charge in [0.05, 0.1) is 20.3 Å². The molecule has 23 heavy (non-hydrogen) atoms. The number of ether oxygens (including phenoxy) is 3. The van der Waals surface area contributed by atoms with Crippen LogP contribution < -0.4 is 15.2 Å². The van der Waals surface area contributed by atoms with Gasteiger partial charge in [-0.15, -0.1) is 0 Å². The minimum absolute atomic E-state index is 0.109. The van der Waals surface area contributed by atoms with Gasteiger partial charge in [-0.25, -0.2) is 0 Å². The third-order valence-corrected chi connectivity index (χ3v) is 5.44. The molecular formula is C19H29NO3. The highest BCUT2D eigenvalue weighted by molar-refractivity contribution is 5.45. The van der Waals surface area contributed by atoms with Gasteiger partial charge >= 0.3 is 0 Å². The Morgan fingerprint density at radius 3 is 2.52 bits per heavy atom. The van der Waals surface area contributed by atoms with Crippen LogP contribution in [0.5, 0.6) is 11.5 Å². The first-order valence-electron chi connectivity index (χ1n) is 8.90. The molecule has 1 heterocycles. The molecule has 3 rings (SSSR count). The zero-order valence-electron chi connectivity index (χ0n) is 14.2. The Kier molecular flexibility index (Phi) is 5.44. The van der Waals surface area contributed by atoms with Crippen molar-refractivity contribution in [3.8, 4) is 11.5 Å². The number of nitrogens with two attached hydrogens (primary N) is 1. The van der Waals surface area contributed by atoms with Gasteiger partial charge in [0, 0.05) is 24.8 Å². The number of rotatable bonds is 5.